The summed E-state index contributed by atoms with van der Waals surface area (Å²) in [4.78, 5) is 11.2. The highest BCUT2D eigenvalue weighted by atomic mass is 19.1. The van der Waals surface area contributed by atoms with Crippen LogP contribution in [0.5, 0.6) is 0 Å². The number of ether oxygens (including phenoxy) is 1. The molecule has 0 fully saturated rings. The zero-order valence-electron chi connectivity index (χ0n) is 8.84. The number of amides is 1. The van der Waals surface area contributed by atoms with Gasteiger partial charge in [-0.1, -0.05) is 6.07 Å². The summed E-state index contributed by atoms with van der Waals surface area (Å²) in [7, 11) is 0. The van der Waals surface area contributed by atoms with Crippen molar-refractivity contribution >= 4 is 11.6 Å². The molecule has 0 unspecified atom stereocenters. The summed E-state index contributed by atoms with van der Waals surface area (Å²) < 4.78 is 18.1. The molecule has 0 aliphatic rings. The summed E-state index contributed by atoms with van der Waals surface area (Å²) in [6.45, 7) is 4.03. The minimum Gasteiger partial charge on any atom is -0.372 e. The minimum atomic E-state index is -0.439. The molecule has 0 spiro atoms. The number of aryl methyl sites for hydroxylation is 1. The summed E-state index contributed by atoms with van der Waals surface area (Å²) in [5, 5.41) is 2.45. The van der Waals surface area contributed by atoms with Crippen molar-refractivity contribution in [3.8, 4) is 0 Å². The molecule has 1 aromatic rings. The van der Waals surface area contributed by atoms with Crippen molar-refractivity contribution in [1.82, 2.24) is 0 Å². The smallest absolute Gasteiger partial charge is 0.250 e. The number of carbonyl (C=O) groups excluding carboxylic acids is 1. The number of halogens is 1. The predicted molar refractivity (Wildman–Crippen MR) is 56.3 cm³/mol. The Morgan fingerprint density at radius 1 is 1.53 bits per heavy atom. The van der Waals surface area contributed by atoms with Crippen molar-refractivity contribution < 1.29 is 13.9 Å². The molecule has 1 aromatic carbocycles. The number of benzene rings is 1. The quantitative estimate of drug-likeness (QED) is 0.828. The number of hydrogen-bond acceptors (Lipinski definition) is 2. The first kappa shape index (κ1) is 11.7. The minimum absolute atomic E-state index is 0.0517. The largest absolute Gasteiger partial charge is 0.372 e. The Hall–Kier alpha value is -1.42. The Bertz CT molecular complexity index is 352. The van der Waals surface area contributed by atoms with Crippen LogP contribution in [0.2, 0.25) is 0 Å². The third-order valence-corrected chi connectivity index (χ3v) is 1.83. The van der Waals surface area contributed by atoms with Gasteiger partial charge in [-0.05, 0) is 31.5 Å². The fourth-order valence-corrected chi connectivity index (χ4v) is 1.12. The van der Waals surface area contributed by atoms with E-state index >= 15 is 0 Å². The molecule has 4 heteroatoms. The van der Waals surface area contributed by atoms with Gasteiger partial charge in [-0.3, -0.25) is 4.79 Å². The van der Waals surface area contributed by atoms with Crippen LogP contribution in [0.1, 0.15) is 12.5 Å². The van der Waals surface area contributed by atoms with Crippen molar-refractivity contribution in [2.24, 2.45) is 0 Å². The number of hydrogen-bond donors (Lipinski definition) is 1. The lowest BCUT2D eigenvalue weighted by molar-refractivity contribution is -0.120. The third-order valence-electron chi connectivity index (χ3n) is 1.83. The van der Waals surface area contributed by atoms with Gasteiger partial charge in [-0.25, -0.2) is 4.39 Å². The van der Waals surface area contributed by atoms with Crippen LogP contribution in [-0.4, -0.2) is 19.1 Å². The van der Waals surface area contributed by atoms with E-state index in [4.69, 9.17) is 4.74 Å². The van der Waals surface area contributed by atoms with E-state index in [2.05, 4.69) is 5.32 Å². The van der Waals surface area contributed by atoms with Gasteiger partial charge in [0.25, 0.3) is 0 Å². The van der Waals surface area contributed by atoms with Crippen LogP contribution in [0, 0.1) is 12.7 Å². The highest BCUT2D eigenvalue weighted by molar-refractivity contribution is 5.91. The second kappa shape index (κ2) is 5.46. The van der Waals surface area contributed by atoms with Gasteiger partial charge < -0.3 is 10.1 Å². The lowest BCUT2D eigenvalue weighted by atomic mass is 10.2. The SMILES string of the molecule is CCOCC(=O)Nc1cc(C)ccc1F. The molecule has 0 bridgehead atoms. The fourth-order valence-electron chi connectivity index (χ4n) is 1.12. The Morgan fingerprint density at radius 3 is 2.93 bits per heavy atom. The lowest BCUT2D eigenvalue weighted by Crippen LogP contribution is -2.18. The first-order chi connectivity index (χ1) is 7.13. The molecular weight excluding hydrogens is 197 g/mol. The molecule has 0 saturated heterocycles. The highest BCUT2D eigenvalue weighted by Gasteiger charge is 2.06. The summed E-state index contributed by atoms with van der Waals surface area (Å²) in [5.41, 5.74) is 1.09. The van der Waals surface area contributed by atoms with Gasteiger partial charge >= 0.3 is 0 Å². The molecule has 1 amide bonds. The van der Waals surface area contributed by atoms with Gasteiger partial charge in [0.15, 0.2) is 0 Å². The van der Waals surface area contributed by atoms with E-state index in [1.54, 1.807) is 19.1 Å². The average Bonchev–Trinajstić information content (AvgIpc) is 2.20. The van der Waals surface area contributed by atoms with Crippen molar-refractivity contribution in [2.45, 2.75) is 13.8 Å². The molecule has 0 radical (unpaired) electrons. The molecule has 82 valence electrons. The van der Waals surface area contributed by atoms with E-state index in [9.17, 15) is 9.18 Å². The molecule has 0 aliphatic heterocycles. The number of carbonyl (C=O) groups is 1. The Labute approximate surface area is 88.2 Å². The lowest BCUT2D eigenvalue weighted by Gasteiger charge is -2.06. The molecule has 0 aromatic heterocycles. The second-order valence-electron chi connectivity index (χ2n) is 3.17. The standard InChI is InChI=1S/C11H14FNO2/c1-3-15-7-11(14)13-10-6-8(2)4-5-9(10)12/h4-6H,3,7H2,1-2H3,(H,13,14). The molecule has 0 atom stereocenters. The van der Waals surface area contributed by atoms with E-state index in [1.165, 1.54) is 6.07 Å². The number of anilines is 1. The van der Waals surface area contributed by atoms with Crippen molar-refractivity contribution in [1.29, 1.82) is 0 Å². The predicted octanol–water partition coefficient (Wildman–Crippen LogP) is 2.11. The van der Waals surface area contributed by atoms with Gasteiger partial charge in [0.05, 0.1) is 5.69 Å². The molecule has 3 nitrogen and oxygen atoms in total. The van der Waals surface area contributed by atoms with Crippen molar-refractivity contribution in [2.75, 3.05) is 18.5 Å². The van der Waals surface area contributed by atoms with E-state index in [1.807, 2.05) is 6.92 Å². The normalized spacial score (nSPS) is 10.1. The van der Waals surface area contributed by atoms with Crippen LogP contribution in [0.15, 0.2) is 18.2 Å². The van der Waals surface area contributed by atoms with E-state index < -0.39 is 5.82 Å². The molecule has 1 N–H and O–H groups in total. The van der Waals surface area contributed by atoms with Crippen molar-refractivity contribution in [3.63, 3.8) is 0 Å². The van der Waals surface area contributed by atoms with Crippen LogP contribution in [0.4, 0.5) is 10.1 Å². The van der Waals surface area contributed by atoms with Gasteiger partial charge in [0.1, 0.15) is 12.4 Å². The third kappa shape index (κ3) is 3.67. The van der Waals surface area contributed by atoms with E-state index in [0.29, 0.717) is 6.61 Å². The molecular formula is C11H14FNO2. The topological polar surface area (TPSA) is 38.3 Å². The Kier molecular flexibility index (Phi) is 4.24. The first-order valence-corrected chi connectivity index (χ1v) is 4.77. The molecule has 0 aliphatic carbocycles. The average molecular weight is 211 g/mol. The summed E-state index contributed by atoms with van der Waals surface area (Å²) in [5.74, 6) is -0.785. The monoisotopic (exact) mass is 211 g/mol. The molecule has 0 heterocycles. The molecule has 15 heavy (non-hydrogen) atoms. The van der Waals surface area contributed by atoms with Gasteiger partial charge in [-0.2, -0.15) is 0 Å². The van der Waals surface area contributed by atoms with Gasteiger partial charge in [0.2, 0.25) is 5.91 Å². The summed E-state index contributed by atoms with van der Waals surface area (Å²) in [6, 6.07) is 4.55. The zero-order chi connectivity index (χ0) is 11.3. The number of rotatable bonds is 4. The van der Waals surface area contributed by atoms with Gasteiger partial charge in [0, 0.05) is 6.61 Å². The summed E-state index contributed by atoms with van der Waals surface area (Å²) >= 11 is 0. The van der Waals surface area contributed by atoms with Crippen LogP contribution in [0.25, 0.3) is 0 Å². The van der Waals surface area contributed by atoms with Crippen LogP contribution in [-0.2, 0) is 9.53 Å². The fraction of sp³-hybridized carbons (Fsp3) is 0.364. The maximum Gasteiger partial charge on any atom is 0.250 e. The Balaban J connectivity index is 2.63. The van der Waals surface area contributed by atoms with Crippen LogP contribution in [0.3, 0.4) is 0 Å². The molecule has 1 rings (SSSR count). The Morgan fingerprint density at radius 2 is 2.27 bits per heavy atom. The van der Waals surface area contributed by atoms with Crippen molar-refractivity contribution in [3.05, 3.63) is 29.6 Å². The van der Waals surface area contributed by atoms with E-state index in [-0.39, 0.29) is 18.2 Å². The molecule has 0 saturated carbocycles. The van der Waals surface area contributed by atoms with Crippen LogP contribution >= 0.6 is 0 Å². The maximum atomic E-state index is 13.2. The van der Waals surface area contributed by atoms with E-state index in [0.717, 1.165) is 5.56 Å². The highest BCUT2D eigenvalue weighted by Crippen LogP contribution is 2.15. The first-order valence-electron chi connectivity index (χ1n) is 4.77. The van der Waals surface area contributed by atoms with Gasteiger partial charge in [-0.15, -0.1) is 0 Å². The second-order valence-corrected chi connectivity index (χ2v) is 3.17. The van der Waals surface area contributed by atoms with Crippen LogP contribution < -0.4 is 5.32 Å². The zero-order valence-corrected chi connectivity index (χ0v) is 8.84. The maximum absolute atomic E-state index is 13.2. The number of nitrogens with one attached hydrogen (secondary N) is 1. The summed E-state index contributed by atoms with van der Waals surface area (Å²) in [6.07, 6.45) is 0.